The van der Waals surface area contributed by atoms with E-state index in [0.717, 1.165) is 28.0 Å². The molecule has 0 saturated heterocycles. The van der Waals surface area contributed by atoms with Crippen molar-refractivity contribution >= 4 is 34.7 Å². The first-order valence-corrected chi connectivity index (χ1v) is 9.26. The van der Waals surface area contributed by atoms with Crippen LogP contribution in [0.5, 0.6) is 0 Å². The molecule has 4 rings (SSSR count). The molecule has 140 valence electrons. The van der Waals surface area contributed by atoms with Crippen molar-refractivity contribution in [3.63, 3.8) is 0 Å². The first kappa shape index (κ1) is 18.1. The standard InChI is InChI=1S/C22H19ClN4O/c1-14-8-9-18(12-19(14)23)25-22(28)24-17-7-3-6-16(11-17)20-13-27-10-4-5-15(2)21(27)26-20/h3-13H,1-2H3,(H2,24,25,28). The number of nitrogens with one attached hydrogen (secondary N) is 2. The Morgan fingerprint density at radius 1 is 0.964 bits per heavy atom. The molecule has 0 atom stereocenters. The van der Waals surface area contributed by atoms with E-state index in [1.807, 2.05) is 79.2 Å². The van der Waals surface area contributed by atoms with Crippen LogP contribution in [0.4, 0.5) is 16.2 Å². The Kier molecular flexibility index (Phi) is 4.75. The van der Waals surface area contributed by atoms with Gasteiger partial charge in [0.25, 0.3) is 0 Å². The van der Waals surface area contributed by atoms with Gasteiger partial charge in [-0.2, -0.15) is 0 Å². The molecule has 2 amide bonds. The molecule has 0 aliphatic carbocycles. The maximum atomic E-state index is 12.3. The zero-order valence-electron chi connectivity index (χ0n) is 15.5. The lowest BCUT2D eigenvalue weighted by Crippen LogP contribution is -2.19. The van der Waals surface area contributed by atoms with Gasteiger partial charge in [-0.25, -0.2) is 9.78 Å². The van der Waals surface area contributed by atoms with Crippen molar-refractivity contribution in [2.45, 2.75) is 13.8 Å². The minimum atomic E-state index is -0.331. The third kappa shape index (κ3) is 3.70. The number of halogens is 1. The second-order valence-corrected chi connectivity index (χ2v) is 7.08. The van der Waals surface area contributed by atoms with Crippen LogP contribution in [-0.4, -0.2) is 15.4 Å². The van der Waals surface area contributed by atoms with Crippen LogP contribution in [0.25, 0.3) is 16.9 Å². The van der Waals surface area contributed by atoms with Crippen LogP contribution in [0.2, 0.25) is 5.02 Å². The zero-order chi connectivity index (χ0) is 19.7. The summed E-state index contributed by atoms with van der Waals surface area (Å²) in [6.45, 7) is 3.95. The van der Waals surface area contributed by atoms with E-state index in [1.54, 1.807) is 6.07 Å². The van der Waals surface area contributed by atoms with Crippen molar-refractivity contribution in [2.24, 2.45) is 0 Å². The zero-order valence-corrected chi connectivity index (χ0v) is 16.3. The predicted octanol–water partition coefficient (Wildman–Crippen LogP) is 5.92. The minimum absolute atomic E-state index is 0.331. The van der Waals surface area contributed by atoms with Gasteiger partial charge in [-0.05, 0) is 55.3 Å². The molecule has 2 aromatic carbocycles. The predicted molar refractivity (Wildman–Crippen MR) is 114 cm³/mol. The van der Waals surface area contributed by atoms with Crippen LogP contribution >= 0.6 is 11.6 Å². The van der Waals surface area contributed by atoms with Crippen LogP contribution in [0.1, 0.15) is 11.1 Å². The Hall–Kier alpha value is -3.31. The topological polar surface area (TPSA) is 58.4 Å². The van der Waals surface area contributed by atoms with E-state index in [-0.39, 0.29) is 6.03 Å². The largest absolute Gasteiger partial charge is 0.323 e. The lowest BCUT2D eigenvalue weighted by atomic mass is 10.1. The number of rotatable bonds is 3. The van der Waals surface area contributed by atoms with E-state index < -0.39 is 0 Å². The Morgan fingerprint density at radius 2 is 1.75 bits per heavy atom. The highest BCUT2D eigenvalue weighted by atomic mass is 35.5. The molecule has 0 fully saturated rings. The fraction of sp³-hybridized carbons (Fsp3) is 0.0909. The van der Waals surface area contributed by atoms with Gasteiger partial charge in [0.05, 0.1) is 5.69 Å². The van der Waals surface area contributed by atoms with E-state index in [1.165, 1.54) is 0 Å². The number of amides is 2. The molecule has 0 aliphatic heterocycles. The number of anilines is 2. The number of hydrogen-bond donors (Lipinski definition) is 2. The minimum Gasteiger partial charge on any atom is -0.308 e. The Balaban J connectivity index is 1.53. The number of urea groups is 1. The Labute approximate surface area is 168 Å². The van der Waals surface area contributed by atoms with E-state index in [4.69, 9.17) is 16.6 Å². The van der Waals surface area contributed by atoms with Crippen molar-refractivity contribution in [1.29, 1.82) is 0 Å². The van der Waals surface area contributed by atoms with Gasteiger partial charge >= 0.3 is 6.03 Å². The van der Waals surface area contributed by atoms with Gasteiger partial charge < -0.3 is 15.0 Å². The summed E-state index contributed by atoms with van der Waals surface area (Å²) < 4.78 is 2.00. The molecule has 28 heavy (non-hydrogen) atoms. The number of hydrogen-bond acceptors (Lipinski definition) is 2. The van der Waals surface area contributed by atoms with Crippen molar-refractivity contribution in [2.75, 3.05) is 10.6 Å². The highest BCUT2D eigenvalue weighted by Crippen LogP contribution is 2.24. The summed E-state index contributed by atoms with van der Waals surface area (Å²) in [5.41, 5.74) is 6.09. The van der Waals surface area contributed by atoms with E-state index in [9.17, 15) is 4.79 Å². The summed E-state index contributed by atoms with van der Waals surface area (Å²) in [5, 5.41) is 6.26. The molecule has 4 aromatic rings. The lowest BCUT2D eigenvalue weighted by molar-refractivity contribution is 0.262. The molecule has 5 nitrogen and oxygen atoms in total. The second-order valence-electron chi connectivity index (χ2n) is 6.67. The highest BCUT2D eigenvalue weighted by Gasteiger charge is 2.09. The number of imidazole rings is 1. The third-order valence-corrected chi connectivity index (χ3v) is 4.93. The summed E-state index contributed by atoms with van der Waals surface area (Å²) in [6.07, 6.45) is 3.96. The van der Waals surface area contributed by atoms with Gasteiger partial charge in [-0.15, -0.1) is 0 Å². The van der Waals surface area contributed by atoms with Gasteiger partial charge in [-0.1, -0.05) is 35.9 Å². The first-order chi connectivity index (χ1) is 13.5. The molecular formula is C22H19ClN4O. The van der Waals surface area contributed by atoms with Crippen molar-refractivity contribution < 1.29 is 4.79 Å². The molecule has 0 saturated carbocycles. The molecule has 0 unspecified atom stereocenters. The molecule has 2 N–H and O–H groups in total. The summed E-state index contributed by atoms with van der Waals surface area (Å²) in [7, 11) is 0. The van der Waals surface area contributed by atoms with E-state index in [0.29, 0.717) is 16.4 Å². The molecular weight excluding hydrogens is 372 g/mol. The number of benzene rings is 2. The highest BCUT2D eigenvalue weighted by molar-refractivity contribution is 6.31. The monoisotopic (exact) mass is 390 g/mol. The number of fused-ring (bicyclic) bond motifs is 1. The quantitative estimate of drug-likeness (QED) is 0.456. The third-order valence-electron chi connectivity index (χ3n) is 4.52. The first-order valence-electron chi connectivity index (χ1n) is 8.88. The van der Waals surface area contributed by atoms with Crippen molar-refractivity contribution in [3.05, 3.63) is 83.1 Å². The maximum Gasteiger partial charge on any atom is 0.323 e. The van der Waals surface area contributed by atoms with E-state index >= 15 is 0 Å². The van der Waals surface area contributed by atoms with Crippen LogP contribution in [0.3, 0.4) is 0 Å². The van der Waals surface area contributed by atoms with Crippen LogP contribution in [0.15, 0.2) is 67.0 Å². The molecule has 0 radical (unpaired) electrons. The lowest BCUT2D eigenvalue weighted by Gasteiger charge is -2.09. The summed E-state index contributed by atoms with van der Waals surface area (Å²) in [6, 6.07) is 16.7. The summed E-state index contributed by atoms with van der Waals surface area (Å²) >= 11 is 6.11. The van der Waals surface area contributed by atoms with Gasteiger partial charge in [0.2, 0.25) is 0 Å². The summed E-state index contributed by atoms with van der Waals surface area (Å²) in [5.74, 6) is 0. The molecule has 6 heteroatoms. The Bertz CT molecular complexity index is 1180. The number of aromatic nitrogens is 2. The van der Waals surface area contributed by atoms with Gasteiger partial charge in [-0.3, -0.25) is 0 Å². The smallest absolute Gasteiger partial charge is 0.308 e. The normalized spacial score (nSPS) is 10.8. The SMILES string of the molecule is Cc1ccc(NC(=O)Nc2cccc(-c3cn4cccc(C)c4n3)c2)cc1Cl. The fourth-order valence-electron chi connectivity index (χ4n) is 3.01. The maximum absolute atomic E-state index is 12.3. The van der Waals surface area contributed by atoms with Crippen molar-refractivity contribution in [1.82, 2.24) is 9.38 Å². The second kappa shape index (κ2) is 7.37. The molecule has 2 heterocycles. The van der Waals surface area contributed by atoms with Crippen LogP contribution in [0, 0.1) is 13.8 Å². The number of aryl methyl sites for hydroxylation is 2. The van der Waals surface area contributed by atoms with Crippen LogP contribution < -0.4 is 10.6 Å². The molecule has 0 spiro atoms. The summed E-state index contributed by atoms with van der Waals surface area (Å²) in [4.78, 5) is 17.0. The number of carbonyl (C=O) groups is 1. The number of carbonyl (C=O) groups excluding carboxylic acids is 1. The average molecular weight is 391 g/mol. The van der Waals surface area contributed by atoms with Gasteiger partial charge in [0.15, 0.2) is 0 Å². The fourth-order valence-corrected chi connectivity index (χ4v) is 3.19. The van der Waals surface area contributed by atoms with E-state index in [2.05, 4.69) is 10.6 Å². The average Bonchev–Trinajstić information content (AvgIpc) is 3.11. The van der Waals surface area contributed by atoms with Crippen molar-refractivity contribution in [3.8, 4) is 11.3 Å². The van der Waals surface area contributed by atoms with Crippen LogP contribution in [-0.2, 0) is 0 Å². The number of pyridine rings is 1. The molecule has 0 bridgehead atoms. The number of nitrogens with zero attached hydrogens (tertiary/aromatic N) is 2. The van der Waals surface area contributed by atoms with Gasteiger partial charge in [0, 0.05) is 34.4 Å². The van der Waals surface area contributed by atoms with Gasteiger partial charge in [0.1, 0.15) is 5.65 Å². The molecule has 2 aromatic heterocycles. The molecule has 0 aliphatic rings. The Morgan fingerprint density at radius 3 is 2.50 bits per heavy atom.